The van der Waals surface area contributed by atoms with Crippen LogP contribution in [-0.4, -0.2) is 52.9 Å². The molecule has 0 bridgehead atoms. The van der Waals surface area contributed by atoms with Gasteiger partial charge >= 0.3 is 0 Å². The van der Waals surface area contributed by atoms with Gasteiger partial charge in [0, 0.05) is 38.2 Å². The lowest BCUT2D eigenvalue weighted by Crippen LogP contribution is -2.43. The van der Waals surface area contributed by atoms with Crippen molar-refractivity contribution in [3.05, 3.63) is 17.5 Å². The van der Waals surface area contributed by atoms with Gasteiger partial charge in [0.2, 0.25) is 11.7 Å². The zero-order valence-electron chi connectivity index (χ0n) is 14.0. The van der Waals surface area contributed by atoms with Crippen LogP contribution in [0.4, 0.5) is 0 Å². The van der Waals surface area contributed by atoms with E-state index in [-0.39, 0.29) is 23.7 Å². The van der Waals surface area contributed by atoms with Crippen molar-refractivity contribution < 1.29 is 14.1 Å². The van der Waals surface area contributed by atoms with E-state index in [1.54, 1.807) is 11.0 Å². The SMILES string of the molecule is CC(C)c1cc(C(=O)N2CCC(C(=O)N3CCCC3)CC2)on1. The minimum absolute atomic E-state index is 0.0677. The number of rotatable bonds is 3. The molecule has 0 aromatic carbocycles. The topological polar surface area (TPSA) is 66.7 Å². The van der Waals surface area contributed by atoms with Crippen LogP contribution in [0.15, 0.2) is 10.6 Å². The molecule has 0 N–H and O–H groups in total. The number of likely N-dealkylation sites (tertiary alicyclic amines) is 2. The maximum atomic E-state index is 12.5. The minimum atomic E-state index is -0.114. The number of hydrogen-bond donors (Lipinski definition) is 0. The summed E-state index contributed by atoms with van der Waals surface area (Å²) in [4.78, 5) is 28.6. The Morgan fingerprint density at radius 2 is 1.78 bits per heavy atom. The first-order valence-electron chi connectivity index (χ1n) is 8.61. The Kier molecular flexibility index (Phi) is 4.68. The molecular formula is C17H25N3O3. The van der Waals surface area contributed by atoms with Crippen LogP contribution in [0, 0.1) is 5.92 Å². The zero-order valence-corrected chi connectivity index (χ0v) is 14.0. The molecule has 2 saturated heterocycles. The normalized spacial score (nSPS) is 19.6. The number of nitrogens with zero attached hydrogens (tertiary/aromatic N) is 3. The van der Waals surface area contributed by atoms with Gasteiger partial charge in [-0.05, 0) is 31.6 Å². The lowest BCUT2D eigenvalue weighted by atomic mass is 9.95. The van der Waals surface area contributed by atoms with Crippen molar-refractivity contribution in [3.8, 4) is 0 Å². The monoisotopic (exact) mass is 319 g/mol. The second-order valence-electron chi connectivity index (χ2n) is 6.87. The highest BCUT2D eigenvalue weighted by molar-refractivity contribution is 5.91. The summed E-state index contributed by atoms with van der Waals surface area (Å²) >= 11 is 0. The maximum Gasteiger partial charge on any atom is 0.292 e. The molecule has 2 fully saturated rings. The summed E-state index contributed by atoms with van der Waals surface area (Å²) in [6.45, 7) is 7.05. The molecule has 0 saturated carbocycles. The number of amides is 2. The van der Waals surface area contributed by atoms with E-state index < -0.39 is 0 Å². The van der Waals surface area contributed by atoms with Crippen molar-refractivity contribution in [1.29, 1.82) is 0 Å². The van der Waals surface area contributed by atoms with Crippen molar-refractivity contribution in [2.24, 2.45) is 5.92 Å². The Hall–Kier alpha value is -1.85. The van der Waals surface area contributed by atoms with E-state index in [4.69, 9.17) is 4.52 Å². The Labute approximate surface area is 136 Å². The van der Waals surface area contributed by atoms with E-state index in [0.29, 0.717) is 18.8 Å². The largest absolute Gasteiger partial charge is 0.351 e. The summed E-state index contributed by atoms with van der Waals surface area (Å²) in [6.07, 6.45) is 3.72. The van der Waals surface area contributed by atoms with Gasteiger partial charge in [0.1, 0.15) is 0 Å². The summed E-state index contributed by atoms with van der Waals surface area (Å²) in [5, 5.41) is 3.94. The summed E-state index contributed by atoms with van der Waals surface area (Å²) in [5.41, 5.74) is 0.799. The molecule has 0 radical (unpaired) electrons. The van der Waals surface area contributed by atoms with Crippen molar-refractivity contribution in [2.45, 2.75) is 45.4 Å². The number of piperidine rings is 1. The second-order valence-corrected chi connectivity index (χ2v) is 6.87. The molecule has 1 aromatic heterocycles. The van der Waals surface area contributed by atoms with E-state index in [1.165, 1.54) is 0 Å². The second kappa shape index (κ2) is 6.72. The van der Waals surface area contributed by atoms with Gasteiger partial charge < -0.3 is 14.3 Å². The van der Waals surface area contributed by atoms with Gasteiger partial charge in [0.15, 0.2) is 0 Å². The first kappa shape index (κ1) is 16.0. The molecule has 23 heavy (non-hydrogen) atoms. The third-order valence-electron chi connectivity index (χ3n) is 4.88. The fraction of sp³-hybridized carbons (Fsp3) is 0.706. The summed E-state index contributed by atoms with van der Waals surface area (Å²) in [6, 6.07) is 1.73. The molecule has 0 unspecified atom stereocenters. The molecule has 2 amide bonds. The van der Waals surface area contributed by atoms with Gasteiger partial charge in [0.25, 0.3) is 5.91 Å². The van der Waals surface area contributed by atoms with Crippen molar-refractivity contribution in [3.63, 3.8) is 0 Å². The van der Waals surface area contributed by atoms with E-state index >= 15 is 0 Å². The Morgan fingerprint density at radius 3 is 2.35 bits per heavy atom. The summed E-state index contributed by atoms with van der Waals surface area (Å²) in [7, 11) is 0. The minimum Gasteiger partial charge on any atom is -0.351 e. The fourth-order valence-corrected chi connectivity index (χ4v) is 3.34. The van der Waals surface area contributed by atoms with Gasteiger partial charge in [0.05, 0.1) is 5.69 Å². The number of carbonyl (C=O) groups is 2. The van der Waals surface area contributed by atoms with E-state index in [1.807, 2.05) is 18.7 Å². The molecule has 1 aromatic rings. The average molecular weight is 319 g/mol. The molecule has 3 heterocycles. The van der Waals surface area contributed by atoms with Crippen LogP contribution < -0.4 is 0 Å². The van der Waals surface area contributed by atoms with Gasteiger partial charge in [-0.15, -0.1) is 0 Å². The van der Waals surface area contributed by atoms with Crippen LogP contribution in [0.3, 0.4) is 0 Å². The zero-order chi connectivity index (χ0) is 16.4. The molecule has 0 spiro atoms. The molecule has 2 aliphatic heterocycles. The summed E-state index contributed by atoms with van der Waals surface area (Å²) in [5.74, 6) is 0.771. The van der Waals surface area contributed by atoms with Crippen LogP contribution in [0.1, 0.15) is 61.7 Å². The average Bonchev–Trinajstić information content (AvgIpc) is 3.25. The Bertz CT molecular complexity index is 567. The molecule has 6 heteroatoms. The van der Waals surface area contributed by atoms with Crippen molar-refractivity contribution in [1.82, 2.24) is 15.0 Å². The quantitative estimate of drug-likeness (QED) is 0.857. The van der Waals surface area contributed by atoms with Crippen LogP contribution in [0.5, 0.6) is 0 Å². The van der Waals surface area contributed by atoms with Crippen molar-refractivity contribution >= 4 is 11.8 Å². The maximum absolute atomic E-state index is 12.5. The van der Waals surface area contributed by atoms with Crippen LogP contribution in [-0.2, 0) is 4.79 Å². The highest BCUT2D eigenvalue weighted by Crippen LogP contribution is 2.24. The lowest BCUT2D eigenvalue weighted by Gasteiger charge is -2.32. The summed E-state index contributed by atoms with van der Waals surface area (Å²) < 4.78 is 5.18. The van der Waals surface area contributed by atoms with E-state index in [0.717, 1.165) is 44.5 Å². The molecular weight excluding hydrogens is 294 g/mol. The fourth-order valence-electron chi connectivity index (χ4n) is 3.34. The van der Waals surface area contributed by atoms with Gasteiger partial charge in [-0.3, -0.25) is 9.59 Å². The van der Waals surface area contributed by atoms with Crippen LogP contribution in [0.25, 0.3) is 0 Å². The molecule has 126 valence electrons. The Morgan fingerprint density at radius 1 is 1.13 bits per heavy atom. The van der Waals surface area contributed by atoms with Crippen LogP contribution in [0.2, 0.25) is 0 Å². The van der Waals surface area contributed by atoms with Crippen LogP contribution >= 0.6 is 0 Å². The highest BCUT2D eigenvalue weighted by atomic mass is 16.5. The smallest absolute Gasteiger partial charge is 0.292 e. The first-order chi connectivity index (χ1) is 11.1. The van der Waals surface area contributed by atoms with Gasteiger partial charge in [-0.1, -0.05) is 19.0 Å². The molecule has 0 aliphatic carbocycles. The number of aromatic nitrogens is 1. The van der Waals surface area contributed by atoms with E-state index in [9.17, 15) is 9.59 Å². The number of hydrogen-bond acceptors (Lipinski definition) is 4. The molecule has 0 atom stereocenters. The predicted octanol–water partition coefficient (Wildman–Crippen LogP) is 2.27. The lowest BCUT2D eigenvalue weighted by molar-refractivity contribution is -0.135. The third kappa shape index (κ3) is 3.41. The van der Waals surface area contributed by atoms with Gasteiger partial charge in [-0.2, -0.15) is 0 Å². The Balaban J connectivity index is 1.55. The predicted molar refractivity (Wildman–Crippen MR) is 85.0 cm³/mol. The standard InChI is InChI=1S/C17H25N3O3/c1-12(2)14-11-15(23-18-14)17(22)20-9-5-13(6-10-20)16(21)19-7-3-4-8-19/h11-13H,3-10H2,1-2H3. The first-order valence-corrected chi connectivity index (χ1v) is 8.61. The molecule has 2 aliphatic rings. The van der Waals surface area contributed by atoms with Gasteiger partial charge in [-0.25, -0.2) is 0 Å². The molecule has 3 rings (SSSR count). The highest BCUT2D eigenvalue weighted by Gasteiger charge is 2.32. The van der Waals surface area contributed by atoms with Crippen molar-refractivity contribution in [2.75, 3.05) is 26.2 Å². The third-order valence-corrected chi connectivity index (χ3v) is 4.88. The number of carbonyl (C=O) groups excluding carboxylic acids is 2. The van der Waals surface area contributed by atoms with E-state index in [2.05, 4.69) is 5.16 Å². The molecule has 6 nitrogen and oxygen atoms in total.